The minimum atomic E-state index is -0.708. The first kappa shape index (κ1) is 40.1. The van der Waals surface area contributed by atoms with Crippen molar-refractivity contribution in [2.45, 2.75) is 38.7 Å². The molecule has 4 aromatic carbocycles. The van der Waals surface area contributed by atoms with Gasteiger partial charge in [0.05, 0.1) is 35.2 Å². The van der Waals surface area contributed by atoms with Gasteiger partial charge in [0, 0.05) is 24.3 Å². The quantitative estimate of drug-likeness (QED) is 0.0194. The van der Waals surface area contributed by atoms with Gasteiger partial charge in [0.1, 0.15) is 18.1 Å². The molecule has 0 aliphatic carbocycles. The summed E-state index contributed by atoms with van der Waals surface area (Å²) in [5.74, 6) is -0.830. The number of carbonyl (C=O) groups is 3. The van der Waals surface area contributed by atoms with Gasteiger partial charge in [-0.1, -0.05) is 80.3 Å². The van der Waals surface area contributed by atoms with E-state index in [-0.39, 0.29) is 19.8 Å². The molecular formula is C43H43N3O8S. The van der Waals surface area contributed by atoms with E-state index in [4.69, 9.17) is 23.7 Å². The SMILES string of the molecule is C=CC(=O)OCCCCOCC(COc1ccc(C(=O)Oc2ccc(-c3ccc(CCC)cc3)c(/C=N/Nc3nc4ccccc4s3)c2)cc1)OC(=O)C=C. The first-order chi connectivity index (χ1) is 26.8. The van der Waals surface area contributed by atoms with Gasteiger partial charge in [0.15, 0.2) is 6.10 Å². The molecule has 1 atom stereocenters. The standard InChI is InChI=1S/C43H43N3O8S/c1-4-11-30-14-16-31(17-15-30)37-23-22-35(26-33(37)27-44-46-43-45-38-12-7-8-13-39(38)55-43)54-42(49)32-18-20-34(21-19-32)52-29-36(53-41(48)6-3)28-50-24-9-10-25-51-40(47)5-2/h5-8,12-23,26-27,36H,2-4,9-11,24-25,28-29H2,1H3,(H,45,46)/b44-27+. The Morgan fingerprint density at radius 1 is 0.873 bits per heavy atom. The van der Waals surface area contributed by atoms with Gasteiger partial charge in [0.25, 0.3) is 0 Å². The van der Waals surface area contributed by atoms with Crippen molar-refractivity contribution in [2.24, 2.45) is 5.10 Å². The van der Waals surface area contributed by atoms with Crippen LogP contribution in [0.4, 0.5) is 5.13 Å². The number of fused-ring (bicyclic) bond motifs is 1. The summed E-state index contributed by atoms with van der Waals surface area (Å²) in [4.78, 5) is 40.8. The summed E-state index contributed by atoms with van der Waals surface area (Å²) in [7, 11) is 0. The second-order valence-electron chi connectivity index (χ2n) is 12.2. The minimum Gasteiger partial charge on any atom is -0.490 e. The van der Waals surface area contributed by atoms with E-state index >= 15 is 0 Å². The predicted octanol–water partition coefficient (Wildman–Crippen LogP) is 8.58. The molecule has 12 heteroatoms. The fourth-order valence-electron chi connectivity index (χ4n) is 5.31. The van der Waals surface area contributed by atoms with E-state index in [0.717, 1.165) is 51.9 Å². The highest BCUT2D eigenvalue weighted by Crippen LogP contribution is 2.29. The molecule has 55 heavy (non-hydrogen) atoms. The van der Waals surface area contributed by atoms with Crippen molar-refractivity contribution in [2.75, 3.05) is 31.9 Å². The number of nitrogens with zero attached hydrogens (tertiary/aromatic N) is 2. The van der Waals surface area contributed by atoms with Gasteiger partial charge < -0.3 is 23.7 Å². The van der Waals surface area contributed by atoms with E-state index in [0.29, 0.717) is 41.6 Å². The summed E-state index contributed by atoms with van der Waals surface area (Å²) in [5, 5.41) is 5.14. The molecule has 1 aromatic heterocycles. The summed E-state index contributed by atoms with van der Waals surface area (Å²) < 4.78 is 28.7. The van der Waals surface area contributed by atoms with Crippen molar-refractivity contribution in [3.8, 4) is 22.6 Å². The van der Waals surface area contributed by atoms with E-state index in [1.807, 2.05) is 30.3 Å². The number of aromatic nitrogens is 1. The number of anilines is 1. The molecule has 0 fully saturated rings. The molecule has 1 unspecified atom stereocenters. The molecule has 5 rings (SSSR count). The lowest BCUT2D eigenvalue weighted by Gasteiger charge is -2.18. The van der Waals surface area contributed by atoms with Crippen LogP contribution in [0.1, 0.15) is 47.7 Å². The monoisotopic (exact) mass is 761 g/mol. The van der Waals surface area contributed by atoms with Gasteiger partial charge >= 0.3 is 17.9 Å². The first-order valence-electron chi connectivity index (χ1n) is 17.9. The lowest BCUT2D eigenvalue weighted by atomic mass is 9.98. The van der Waals surface area contributed by atoms with Crippen LogP contribution in [-0.4, -0.2) is 61.6 Å². The van der Waals surface area contributed by atoms with Crippen LogP contribution in [0.3, 0.4) is 0 Å². The lowest BCUT2D eigenvalue weighted by Crippen LogP contribution is -2.29. The van der Waals surface area contributed by atoms with E-state index in [1.165, 1.54) is 16.9 Å². The van der Waals surface area contributed by atoms with Gasteiger partial charge in [-0.15, -0.1) is 0 Å². The topological polar surface area (TPSA) is 135 Å². The highest BCUT2D eigenvalue weighted by molar-refractivity contribution is 7.22. The molecule has 1 heterocycles. The number of thiazole rings is 1. The van der Waals surface area contributed by atoms with E-state index in [9.17, 15) is 14.4 Å². The highest BCUT2D eigenvalue weighted by Gasteiger charge is 2.16. The van der Waals surface area contributed by atoms with Gasteiger partial charge in [-0.25, -0.2) is 19.4 Å². The number of esters is 3. The first-order valence-corrected chi connectivity index (χ1v) is 18.7. The average molecular weight is 762 g/mol. The maximum atomic E-state index is 13.2. The Hall–Kier alpha value is -6.11. The van der Waals surface area contributed by atoms with Crippen molar-refractivity contribution in [1.29, 1.82) is 0 Å². The van der Waals surface area contributed by atoms with Crippen LogP contribution in [0.15, 0.2) is 121 Å². The Kier molecular flexibility index (Phi) is 15.3. The van der Waals surface area contributed by atoms with Crippen molar-refractivity contribution < 1.29 is 38.1 Å². The summed E-state index contributed by atoms with van der Waals surface area (Å²) in [6, 6.07) is 28.2. The number of para-hydroxylation sites is 1. The fourth-order valence-corrected chi connectivity index (χ4v) is 6.13. The number of benzene rings is 4. The van der Waals surface area contributed by atoms with Gasteiger partial charge in [0.2, 0.25) is 5.13 Å². The molecule has 0 amide bonds. The molecule has 0 spiro atoms. The molecule has 0 radical (unpaired) electrons. The Morgan fingerprint density at radius 2 is 1.62 bits per heavy atom. The summed E-state index contributed by atoms with van der Waals surface area (Å²) in [5.41, 5.74) is 8.18. The van der Waals surface area contributed by atoms with Crippen LogP contribution < -0.4 is 14.9 Å². The summed E-state index contributed by atoms with van der Waals surface area (Å²) in [6.07, 6.45) is 6.48. The number of rotatable bonds is 21. The van der Waals surface area contributed by atoms with Crippen LogP contribution in [0.25, 0.3) is 21.3 Å². The fraction of sp³-hybridized carbons (Fsp3) is 0.233. The summed E-state index contributed by atoms with van der Waals surface area (Å²) >= 11 is 1.51. The minimum absolute atomic E-state index is 0.00611. The van der Waals surface area contributed by atoms with Gasteiger partial charge in [-0.2, -0.15) is 5.10 Å². The predicted molar refractivity (Wildman–Crippen MR) is 215 cm³/mol. The molecule has 5 aromatic rings. The van der Waals surface area contributed by atoms with Crippen LogP contribution in [-0.2, 0) is 30.2 Å². The van der Waals surface area contributed by atoms with Crippen LogP contribution >= 0.6 is 11.3 Å². The van der Waals surface area contributed by atoms with Crippen molar-refractivity contribution >= 4 is 50.8 Å². The lowest BCUT2D eigenvalue weighted by molar-refractivity contribution is -0.148. The number of ether oxygens (including phenoxy) is 5. The second kappa shape index (κ2) is 21.0. The maximum Gasteiger partial charge on any atom is 0.343 e. The number of aryl methyl sites for hydroxylation is 1. The molecule has 11 nitrogen and oxygen atoms in total. The number of hydrogen-bond acceptors (Lipinski definition) is 12. The Bertz CT molecular complexity index is 2060. The Labute approximate surface area is 324 Å². The summed E-state index contributed by atoms with van der Waals surface area (Å²) in [6.45, 7) is 9.68. The van der Waals surface area contributed by atoms with Crippen LogP contribution in [0, 0.1) is 0 Å². The number of nitrogens with one attached hydrogen (secondary N) is 1. The van der Waals surface area contributed by atoms with Gasteiger partial charge in [-0.3, -0.25) is 5.43 Å². The molecule has 1 N–H and O–H groups in total. The van der Waals surface area contributed by atoms with Crippen molar-refractivity contribution in [3.05, 3.63) is 133 Å². The normalized spacial score (nSPS) is 11.5. The van der Waals surface area contributed by atoms with Crippen molar-refractivity contribution in [3.63, 3.8) is 0 Å². The molecule has 0 bridgehead atoms. The number of carbonyl (C=O) groups excluding carboxylic acids is 3. The Morgan fingerprint density at radius 3 is 2.36 bits per heavy atom. The third-order valence-corrected chi connectivity index (χ3v) is 9.01. The second-order valence-corrected chi connectivity index (χ2v) is 13.2. The maximum absolute atomic E-state index is 13.2. The molecule has 0 saturated heterocycles. The van der Waals surface area contributed by atoms with Crippen molar-refractivity contribution in [1.82, 2.24) is 4.98 Å². The van der Waals surface area contributed by atoms with E-state index < -0.39 is 24.0 Å². The largest absolute Gasteiger partial charge is 0.490 e. The highest BCUT2D eigenvalue weighted by atomic mass is 32.1. The molecule has 0 aliphatic heterocycles. The number of unbranched alkanes of at least 4 members (excludes halogenated alkanes) is 1. The third-order valence-electron chi connectivity index (χ3n) is 8.07. The smallest absolute Gasteiger partial charge is 0.343 e. The average Bonchev–Trinajstić information content (AvgIpc) is 3.63. The van der Waals surface area contributed by atoms with Gasteiger partial charge in [-0.05, 0) is 84.5 Å². The molecule has 284 valence electrons. The number of hydrazone groups is 1. The molecule has 0 aliphatic rings. The zero-order valence-electron chi connectivity index (χ0n) is 30.6. The van der Waals surface area contributed by atoms with Crippen LogP contribution in [0.5, 0.6) is 11.5 Å². The van der Waals surface area contributed by atoms with E-state index in [2.05, 4.69) is 59.9 Å². The van der Waals surface area contributed by atoms with Crippen LogP contribution in [0.2, 0.25) is 0 Å². The zero-order valence-corrected chi connectivity index (χ0v) is 31.4. The molecule has 0 saturated carbocycles. The third kappa shape index (κ3) is 12.5. The molecular weight excluding hydrogens is 719 g/mol. The zero-order chi connectivity index (χ0) is 38.8. The van der Waals surface area contributed by atoms with E-state index in [1.54, 1.807) is 42.6 Å². The Balaban J connectivity index is 1.20. The number of hydrogen-bond donors (Lipinski definition) is 1.